The molecule has 0 fully saturated rings. The first-order valence-electron chi connectivity index (χ1n) is 8.11. The molecule has 1 heterocycles. The van der Waals surface area contributed by atoms with Gasteiger partial charge in [-0.3, -0.25) is 4.79 Å². The minimum absolute atomic E-state index is 0.0895. The van der Waals surface area contributed by atoms with E-state index in [9.17, 15) is 9.59 Å². The van der Waals surface area contributed by atoms with Crippen molar-refractivity contribution in [2.75, 3.05) is 13.2 Å². The maximum absolute atomic E-state index is 12.0. The predicted octanol–water partition coefficient (Wildman–Crippen LogP) is 3.51. The Hall–Kier alpha value is -3.08. The molecule has 0 bridgehead atoms. The van der Waals surface area contributed by atoms with E-state index in [1.807, 2.05) is 55.5 Å². The molecule has 25 heavy (non-hydrogen) atoms. The van der Waals surface area contributed by atoms with Gasteiger partial charge in [0.15, 0.2) is 6.61 Å². The summed E-state index contributed by atoms with van der Waals surface area (Å²) in [5.41, 5.74) is 1.75. The Kier molecular flexibility index (Phi) is 5.14. The lowest BCUT2D eigenvalue weighted by Gasteiger charge is -2.13. The van der Waals surface area contributed by atoms with Crippen LogP contribution in [0.15, 0.2) is 65.1 Å². The van der Waals surface area contributed by atoms with E-state index >= 15 is 0 Å². The Bertz CT molecular complexity index is 837. The number of fused-ring (bicyclic) bond motifs is 1. The Morgan fingerprint density at radius 3 is 2.56 bits per heavy atom. The summed E-state index contributed by atoms with van der Waals surface area (Å²) in [5.74, 6) is -0.724. The fraction of sp³-hybridized carbons (Fsp3) is 0.200. The lowest BCUT2D eigenvalue weighted by atomic mass is 10.0. The van der Waals surface area contributed by atoms with Gasteiger partial charge in [-0.15, -0.1) is 0 Å². The van der Waals surface area contributed by atoms with Gasteiger partial charge in [0.05, 0.1) is 0 Å². The number of hydrogen-bond acceptors (Lipinski definition) is 4. The molecule has 0 radical (unpaired) electrons. The normalized spacial score (nSPS) is 11.9. The number of ether oxygens (including phenoxy) is 1. The molecular weight excluding hydrogens is 318 g/mol. The molecule has 1 N–H and O–H groups in total. The van der Waals surface area contributed by atoms with Gasteiger partial charge in [-0.2, -0.15) is 0 Å². The van der Waals surface area contributed by atoms with E-state index in [-0.39, 0.29) is 24.2 Å². The maximum Gasteiger partial charge on any atom is 0.374 e. The quantitative estimate of drug-likeness (QED) is 0.699. The second kappa shape index (κ2) is 7.66. The third-order valence-electron chi connectivity index (χ3n) is 3.94. The third-order valence-corrected chi connectivity index (χ3v) is 3.94. The fourth-order valence-corrected chi connectivity index (χ4v) is 2.50. The average Bonchev–Trinajstić information content (AvgIpc) is 3.09. The summed E-state index contributed by atoms with van der Waals surface area (Å²) in [7, 11) is 0. The van der Waals surface area contributed by atoms with Gasteiger partial charge in [0.2, 0.25) is 5.76 Å². The molecule has 0 spiro atoms. The molecule has 0 aliphatic carbocycles. The van der Waals surface area contributed by atoms with E-state index in [4.69, 9.17) is 9.15 Å². The third kappa shape index (κ3) is 4.26. The molecule has 1 atom stereocenters. The number of furan rings is 1. The molecule has 5 heteroatoms. The highest BCUT2D eigenvalue weighted by Gasteiger charge is 2.15. The smallest absolute Gasteiger partial charge is 0.374 e. The second-order valence-electron chi connectivity index (χ2n) is 5.84. The highest BCUT2D eigenvalue weighted by molar-refractivity contribution is 5.93. The van der Waals surface area contributed by atoms with Crippen molar-refractivity contribution in [2.24, 2.45) is 0 Å². The summed E-state index contributed by atoms with van der Waals surface area (Å²) in [4.78, 5) is 23.9. The van der Waals surface area contributed by atoms with Crippen LogP contribution < -0.4 is 5.32 Å². The van der Waals surface area contributed by atoms with Crippen LogP contribution in [0, 0.1) is 0 Å². The lowest BCUT2D eigenvalue weighted by molar-refractivity contribution is -0.124. The van der Waals surface area contributed by atoms with Crippen LogP contribution in [0.25, 0.3) is 11.0 Å². The van der Waals surface area contributed by atoms with Crippen molar-refractivity contribution in [3.63, 3.8) is 0 Å². The molecule has 0 saturated carbocycles. The Labute approximate surface area is 145 Å². The summed E-state index contributed by atoms with van der Waals surface area (Å²) < 4.78 is 10.4. The van der Waals surface area contributed by atoms with Crippen molar-refractivity contribution < 1.29 is 18.7 Å². The van der Waals surface area contributed by atoms with Gasteiger partial charge >= 0.3 is 5.97 Å². The SMILES string of the molecule is CC(CNC(=O)COC(=O)c1cc2ccccc2o1)c1ccccc1. The van der Waals surface area contributed by atoms with E-state index in [1.165, 1.54) is 0 Å². The molecule has 2 aromatic carbocycles. The monoisotopic (exact) mass is 337 g/mol. The van der Waals surface area contributed by atoms with Crippen LogP contribution in [0.2, 0.25) is 0 Å². The maximum atomic E-state index is 12.0. The summed E-state index contributed by atoms with van der Waals surface area (Å²) in [6.45, 7) is 2.17. The fourth-order valence-electron chi connectivity index (χ4n) is 2.50. The first-order valence-corrected chi connectivity index (χ1v) is 8.11. The van der Waals surface area contributed by atoms with E-state index in [2.05, 4.69) is 5.32 Å². The lowest BCUT2D eigenvalue weighted by Crippen LogP contribution is -2.31. The number of hydrogen-bond donors (Lipinski definition) is 1. The van der Waals surface area contributed by atoms with E-state index < -0.39 is 5.97 Å². The van der Waals surface area contributed by atoms with Crippen molar-refractivity contribution in [2.45, 2.75) is 12.8 Å². The topological polar surface area (TPSA) is 68.5 Å². The zero-order valence-electron chi connectivity index (χ0n) is 13.9. The van der Waals surface area contributed by atoms with Gasteiger partial charge in [-0.25, -0.2) is 4.79 Å². The number of benzene rings is 2. The number of amides is 1. The van der Waals surface area contributed by atoms with Gasteiger partial charge < -0.3 is 14.5 Å². The van der Waals surface area contributed by atoms with Crippen molar-refractivity contribution in [1.82, 2.24) is 5.32 Å². The van der Waals surface area contributed by atoms with Crippen LogP contribution in [-0.4, -0.2) is 25.0 Å². The molecule has 128 valence electrons. The van der Waals surface area contributed by atoms with Crippen LogP contribution in [0.5, 0.6) is 0 Å². The number of nitrogens with one attached hydrogen (secondary N) is 1. The molecule has 0 aliphatic rings. The number of para-hydroxylation sites is 1. The molecule has 0 saturated heterocycles. The number of carbonyl (C=O) groups excluding carboxylic acids is 2. The predicted molar refractivity (Wildman–Crippen MR) is 94.4 cm³/mol. The van der Waals surface area contributed by atoms with Crippen LogP contribution in [0.3, 0.4) is 0 Å². The summed E-state index contributed by atoms with van der Waals surface area (Å²) in [6.07, 6.45) is 0. The van der Waals surface area contributed by atoms with Crippen molar-refractivity contribution in [3.05, 3.63) is 72.0 Å². The minimum atomic E-state index is -0.651. The Morgan fingerprint density at radius 2 is 1.80 bits per heavy atom. The zero-order valence-corrected chi connectivity index (χ0v) is 13.9. The van der Waals surface area contributed by atoms with Crippen LogP contribution in [0.1, 0.15) is 29.0 Å². The molecule has 5 nitrogen and oxygen atoms in total. The summed E-state index contributed by atoms with van der Waals surface area (Å²) in [6, 6.07) is 18.8. The van der Waals surface area contributed by atoms with Gasteiger partial charge in [0, 0.05) is 11.9 Å². The molecular formula is C20H19NO4. The van der Waals surface area contributed by atoms with E-state index in [0.29, 0.717) is 12.1 Å². The van der Waals surface area contributed by atoms with Crippen LogP contribution in [-0.2, 0) is 9.53 Å². The van der Waals surface area contributed by atoms with Gasteiger partial charge in [0.1, 0.15) is 5.58 Å². The Morgan fingerprint density at radius 1 is 1.08 bits per heavy atom. The minimum Gasteiger partial charge on any atom is -0.450 e. The van der Waals surface area contributed by atoms with Crippen molar-refractivity contribution in [1.29, 1.82) is 0 Å². The Balaban J connectivity index is 1.47. The van der Waals surface area contributed by atoms with Gasteiger partial charge in [0.25, 0.3) is 5.91 Å². The molecule has 3 aromatic rings. The molecule has 1 amide bonds. The highest BCUT2D eigenvalue weighted by atomic mass is 16.5. The van der Waals surface area contributed by atoms with Crippen molar-refractivity contribution >= 4 is 22.8 Å². The number of carbonyl (C=O) groups is 2. The number of esters is 1. The molecule has 1 aromatic heterocycles. The van der Waals surface area contributed by atoms with E-state index in [0.717, 1.165) is 10.9 Å². The van der Waals surface area contributed by atoms with E-state index in [1.54, 1.807) is 12.1 Å². The summed E-state index contributed by atoms with van der Waals surface area (Å²) in [5, 5.41) is 3.58. The van der Waals surface area contributed by atoms with Crippen molar-refractivity contribution in [3.8, 4) is 0 Å². The first-order chi connectivity index (χ1) is 12.1. The first kappa shape index (κ1) is 16.8. The molecule has 0 aliphatic heterocycles. The van der Waals surface area contributed by atoms with Crippen LogP contribution >= 0.6 is 0 Å². The highest BCUT2D eigenvalue weighted by Crippen LogP contribution is 2.19. The van der Waals surface area contributed by atoms with Gasteiger partial charge in [-0.1, -0.05) is 55.5 Å². The number of rotatable bonds is 6. The summed E-state index contributed by atoms with van der Waals surface area (Å²) >= 11 is 0. The zero-order chi connectivity index (χ0) is 17.6. The van der Waals surface area contributed by atoms with Gasteiger partial charge in [-0.05, 0) is 23.6 Å². The second-order valence-corrected chi connectivity index (χ2v) is 5.84. The average molecular weight is 337 g/mol. The standard InChI is InChI=1S/C20H19NO4/c1-14(15-7-3-2-4-8-15)12-21-19(22)13-24-20(23)18-11-16-9-5-6-10-17(16)25-18/h2-11,14H,12-13H2,1H3,(H,21,22). The molecule has 1 unspecified atom stereocenters. The molecule has 3 rings (SSSR count). The van der Waals surface area contributed by atoms with Crippen LogP contribution in [0.4, 0.5) is 0 Å². The largest absolute Gasteiger partial charge is 0.450 e.